The zero-order valence-electron chi connectivity index (χ0n) is 11.8. The van der Waals surface area contributed by atoms with E-state index in [0.717, 1.165) is 0 Å². The van der Waals surface area contributed by atoms with Crippen LogP contribution in [0.4, 0.5) is 5.69 Å². The van der Waals surface area contributed by atoms with E-state index in [1.54, 1.807) is 43.8 Å². The molecule has 22 heavy (non-hydrogen) atoms. The first kappa shape index (κ1) is 13.8. The molecular formula is C16H13N3O3. The lowest BCUT2D eigenvalue weighted by Gasteiger charge is -2.07. The number of methoxy groups -OCH3 is 1. The van der Waals surface area contributed by atoms with Gasteiger partial charge in [0.2, 0.25) is 0 Å². The van der Waals surface area contributed by atoms with Crippen LogP contribution in [0.2, 0.25) is 0 Å². The number of ether oxygens (including phenoxy) is 1. The minimum Gasteiger partial charge on any atom is -0.496 e. The summed E-state index contributed by atoms with van der Waals surface area (Å²) in [4.78, 5) is 20.3. The number of nitrogens with zero attached hydrogens (tertiary/aromatic N) is 2. The number of anilines is 1. The number of hydrogen-bond donors (Lipinski definition) is 1. The van der Waals surface area contributed by atoms with Gasteiger partial charge in [-0.15, -0.1) is 0 Å². The molecule has 0 fully saturated rings. The molecule has 0 saturated carbocycles. The highest BCUT2D eigenvalue weighted by molar-refractivity contribution is 6.06. The molecule has 110 valence electrons. The first-order valence-electron chi connectivity index (χ1n) is 6.58. The van der Waals surface area contributed by atoms with E-state index in [4.69, 9.17) is 9.15 Å². The number of para-hydroxylation sites is 1. The topological polar surface area (TPSA) is 77.2 Å². The van der Waals surface area contributed by atoms with E-state index in [-0.39, 0.29) is 11.6 Å². The van der Waals surface area contributed by atoms with Gasteiger partial charge in [0.05, 0.1) is 24.6 Å². The van der Waals surface area contributed by atoms with Gasteiger partial charge in [0.15, 0.2) is 17.8 Å². The van der Waals surface area contributed by atoms with E-state index in [1.165, 1.54) is 6.39 Å². The van der Waals surface area contributed by atoms with Gasteiger partial charge >= 0.3 is 0 Å². The average molecular weight is 295 g/mol. The maximum Gasteiger partial charge on any atom is 0.278 e. The van der Waals surface area contributed by atoms with E-state index in [1.807, 2.05) is 12.1 Å². The monoisotopic (exact) mass is 295 g/mol. The number of oxazole rings is 1. The number of carbonyl (C=O) groups excluding carboxylic acids is 1. The van der Waals surface area contributed by atoms with Crippen LogP contribution in [0, 0.1) is 0 Å². The summed E-state index contributed by atoms with van der Waals surface area (Å²) in [5.41, 5.74) is 1.44. The molecule has 0 aliphatic carbocycles. The van der Waals surface area contributed by atoms with Crippen LogP contribution in [0.15, 0.2) is 59.6 Å². The Bertz CT molecular complexity index is 784. The van der Waals surface area contributed by atoms with E-state index in [0.29, 0.717) is 22.8 Å². The highest BCUT2D eigenvalue weighted by atomic mass is 16.5. The number of pyridine rings is 1. The molecule has 0 aliphatic heterocycles. The zero-order valence-corrected chi connectivity index (χ0v) is 11.8. The van der Waals surface area contributed by atoms with Crippen LogP contribution in [0.5, 0.6) is 5.75 Å². The Morgan fingerprint density at radius 3 is 2.86 bits per heavy atom. The van der Waals surface area contributed by atoms with Gasteiger partial charge in [-0.1, -0.05) is 12.1 Å². The van der Waals surface area contributed by atoms with Gasteiger partial charge in [-0.25, -0.2) is 4.98 Å². The predicted octanol–water partition coefficient (Wildman–Crippen LogP) is 3.00. The van der Waals surface area contributed by atoms with Crippen LogP contribution < -0.4 is 10.1 Å². The van der Waals surface area contributed by atoms with Crippen molar-refractivity contribution >= 4 is 11.6 Å². The van der Waals surface area contributed by atoms with Crippen molar-refractivity contribution in [1.29, 1.82) is 0 Å². The molecule has 6 nitrogen and oxygen atoms in total. The van der Waals surface area contributed by atoms with Gasteiger partial charge in [-0.05, 0) is 24.3 Å². The summed E-state index contributed by atoms with van der Waals surface area (Å²) >= 11 is 0. The lowest BCUT2D eigenvalue weighted by Crippen LogP contribution is -2.13. The third-order valence-electron chi connectivity index (χ3n) is 3.05. The van der Waals surface area contributed by atoms with Crippen LogP contribution in [0.3, 0.4) is 0 Å². The van der Waals surface area contributed by atoms with Gasteiger partial charge in [-0.3, -0.25) is 9.78 Å². The minimum atomic E-state index is -0.373. The fourth-order valence-corrected chi connectivity index (χ4v) is 2.06. The van der Waals surface area contributed by atoms with Crippen LogP contribution in [-0.4, -0.2) is 23.0 Å². The van der Waals surface area contributed by atoms with E-state index in [2.05, 4.69) is 15.3 Å². The van der Waals surface area contributed by atoms with Crippen LogP contribution in [-0.2, 0) is 0 Å². The van der Waals surface area contributed by atoms with Gasteiger partial charge in [-0.2, -0.15) is 0 Å². The highest BCUT2D eigenvalue weighted by Crippen LogP contribution is 2.32. The maximum atomic E-state index is 12.4. The zero-order chi connectivity index (χ0) is 15.4. The summed E-state index contributed by atoms with van der Waals surface area (Å²) < 4.78 is 10.7. The Labute approximate surface area is 126 Å². The minimum absolute atomic E-state index is 0.188. The molecule has 2 heterocycles. The van der Waals surface area contributed by atoms with Crippen molar-refractivity contribution in [3.8, 4) is 17.1 Å². The quantitative estimate of drug-likeness (QED) is 0.800. The van der Waals surface area contributed by atoms with Gasteiger partial charge in [0, 0.05) is 6.20 Å². The van der Waals surface area contributed by atoms with Crippen molar-refractivity contribution in [2.24, 2.45) is 0 Å². The average Bonchev–Trinajstić information content (AvgIpc) is 3.05. The molecule has 2 aromatic heterocycles. The molecule has 3 aromatic rings. The number of nitrogens with one attached hydrogen (secondary N) is 1. The Hall–Kier alpha value is -3.15. The van der Waals surface area contributed by atoms with Crippen LogP contribution >= 0.6 is 0 Å². The number of amides is 1. The third kappa shape index (κ3) is 2.67. The van der Waals surface area contributed by atoms with Crippen molar-refractivity contribution in [3.63, 3.8) is 0 Å². The molecule has 0 saturated heterocycles. The van der Waals surface area contributed by atoms with Crippen molar-refractivity contribution in [2.45, 2.75) is 0 Å². The second-order valence-electron chi connectivity index (χ2n) is 4.43. The fraction of sp³-hybridized carbons (Fsp3) is 0.0625. The van der Waals surface area contributed by atoms with Gasteiger partial charge < -0.3 is 14.5 Å². The van der Waals surface area contributed by atoms with Crippen molar-refractivity contribution in [2.75, 3.05) is 12.4 Å². The predicted molar refractivity (Wildman–Crippen MR) is 80.7 cm³/mol. The molecule has 1 aromatic carbocycles. The Kier molecular flexibility index (Phi) is 3.82. The standard InChI is InChI=1S/C16H13N3O3/c1-21-13-7-3-2-6-12(13)15-14(18-10-22-15)16(20)19-11-5-4-8-17-9-11/h2-10H,1H3,(H,19,20). The molecular weight excluding hydrogens is 282 g/mol. The van der Waals surface area contributed by atoms with Crippen molar-refractivity contribution < 1.29 is 13.9 Å². The fourth-order valence-electron chi connectivity index (χ4n) is 2.06. The summed E-state index contributed by atoms with van der Waals surface area (Å²) in [5.74, 6) is 0.594. The number of aromatic nitrogens is 2. The molecule has 1 amide bonds. The molecule has 0 radical (unpaired) electrons. The SMILES string of the molecule is COc1ccccc1-c1ocnc1C(=O)Nc1cccnc1. The smallest absolute Gasteiger partial charge is 0.278 e. The van der Waals surface area contributed by atoms with Crippen molar-refractivity contribution in [3.05, 3.63) is 60.9 Å². The number of benzene rings is 1. The second-order valence-corrected chi connectivity index (χ2v) is 4.43. The maximum absolute atomic E-state index is 12.4. The molecule has 0 unspecified atom stereocenters. The van der Waals surface area contributed by atoms with Crippen molar-refractivity contribution in [1.82, 2.24) is 9.97 Å². The molecule has 3 rings (SSSR count). The summed E-state index contributed by atoms with van der Waals surface area (Å²) in [5, 5.41) is 2.73. The number of hydrogen-bond acceptors (Lipinski definition) is 5. The van der Waals surface area contributed by atoms with Gasteiger partial charge in [0.25, 0.3) is 5.91 Å². The summed E-state index contributed by atoms with van der Waals surface area (Å²) in [6, 6.07) is 10.8. The first-order valence-corrected chi connectivity index (χ1v) is 6.58. The van der Waals surface area contributed by atoms with Gasteiger partial charge in [0.1, 0.15) is 5.75 Å². The first-order chi connectivity index (χ1) is 10.8. The summed E-state index contributed by atoms with van der Waals surface area (Å²) in [6.07, 6.45) is 4.42. The molecule has 0 bridgehead atoms. The molecule has 0 spiro atoms. The Balaban J connectivity index is 1.94. The summed E-state index contributed by atoms with van der Waals surface area (Å²) in [6.45, 7) is 0. The van der Waals surface area contributed by atoms with Crippen LogP contribution in [0.1, 0.15) is 10.5 Å². The lowest BCUT2D eigenvalue weighted by atomic mass is 10.1. The Morgan fingerprint density at radius 2 is 2.09 bits per heavy atom. The highest BCUT2D eigenvalue weighted by Gasteiger charge is 2.20. The largest absolute Gasteiger partial charge is 0.496 e. The third-order valence-corrected chi connectivity index (χ3v) is 3.05. The van der Waals surface area contributed by atoms with E-state index >= 15 is 0 Å². The number of carbonyl (C=O) groups is 1. The number of rotatable bonds is 4. The van der Waals surface area contributed by atoms with E-state index < -0.39 is 0 Å². The molecule has 1 N–H and O–H groups in total. The molecule has 0 atom stereocenters. The normalized spacial score (nSPS) is 10.2. The molecule has 6 heteroatoms. The molecule has 0 aliphatic rings. The second kappa shape index (κ2) is 6.09. The summed E-state index contributed by atoms with van der Waals surface area (Å²) in [7, 11) is 1.56. The Morgan fingerprint density at radius 1 is 1.23 bits per heavy atom. The lowest BCUT2D eigenvalue weighted by molar-refractivity contribution is 0.102. The van der Waals surface area contributed by atoms with E-state index in [9.17, 15) is 4.79 Å². The van der Waals surface area contributed by atoms with Crippen LogP contribution in [0.25, 0.3) is 11.3 Å².